The number of aliphatic hydroxyl groups is 1. The standard InChI is InChI=1S/C50H95N2O6P/c1-6-8-10-12-14-16-18-20-22-24-25-26-27-28-29-31-33-35-37-39-41-43-49(53)48(47-58-59(55,56)57-46-45-52(3,4)5)51-50(54)44-42-40-38-36-34-32-30-23-21-19-17-15-13-11-9-7-2/h23,27-28,30,33,35,41,43,48-49,53H,6-22,24-26,29,31-32,34,36-40,42,44-47H2,1-5H3,(H-,51,54,55,56)/p+1/b28-27+,30-23-,35-33+,43-41+. The van der Waals surface area contributed by atoms with Crippen LogP contribution in [-0.4, -0.2) is 73.4 Å². The molecule has 3 N–H and O–H groups in total. The molecule has 1 amide bonds. The molecule has 0 radical (unpaired) electrons. The lowest BCUT2D eigenvalue weighted by Gasteiger charge is -2.25. The number of carbonyl (C=O) groups is 1. The normalized spacial score (nSPS) is 14.6. The fourth-order valence-electron chi connectivity index (χ4n) is 6.83. The molecular formula is C50H96N2O6P+. The van der Waals surface area contributed by atoms with Crippen molar-refractivity contribution in [3.63, 3.8) is 0 Å². The summed E-state index contributed by atoms with van der Waals surface area (Å²) in [4.78, 5) is 23.2. The molecule has 59 heavy (non-hydrogen) atoms. The van der Waals surface area contributed by atoms with Gasteiger partial charge in [0.25, 0.3) is 0 Å². The Labute approximate surface area is 365 Å². The van der Waals surface area contributed by atoms with E-state index in [1.165, 1.54) is 135 Å². The summed E-state index contributed by atoms with van der Waals surface area (Å²) in [7, 11) is 1.54. The van der Waals surface area contributed by atoms with Gasteiger partial charge in [-0.05, 0) is 70.6 Å². The van der Waals surface area contributed by atoms with Crippen LogP contribution in [0.1, 0.15) is 213 Å². The minimum absolute atomic E-state index is 0.0511. The quantitative estimate of drug-likeness (QED) is 0.0244. The lowest BCUT2D eigenvalue weighted by atomic mass is 10.1. The number of unbranched alkanes of at least 4 members (excludes halogenated alkanes) is 25. The van der Waals surface area contributed by atoms with Crippen LogP contribution in [0.3, 0.4) is 0 Å². The van der Waals surface area contributed by atoms with Gasteiger partial charge in [-0.15, -0.1) is 0 Å². The van der Waals surface area contributed by atoms with Crippen molar-refractivity contribution in [1.82, 2.24) is 5.32 Å². The largest absolute Gasteiger partial charge is 0.472 e. The number of amides is 1. The van der Waals surface area contributed by atoms with Crippen molar-refractivity contribution in [3.05, 3.63) is 48.6 Å². The zero-order valence-corrected chi connectivity index (χ0v) is 40.1. The van der Waals surface area contributed by atoms with E-state index in [4.69, 9.17) is 9.05 Å². The number of quaternary nitrogens is 1. The topological polar surface area (TPSA) is 105 Å². The van der Waals surface area contributed by atoms with Gasteiger partial charge in [-0.3, -0.25) is 13.8 Å². The molecule has 0 fully saturated rings. The molecule has 3 unspecified atom stereocenters. The zero-order valence-electron chi connectivity index (χ0n) is 39.2. The van der Waals surface area contributed by atoms with Crippen LogP contribution in [0.25, 0.3) is 0 Å². The average molecular weight is 852 g/mol. The van der Waals surface area contributed by atoms with E-state index in [1.54, 1.807) is 6.08 Å². The second kappa shape index (κ2) is 41.8. The van der Waals surface area contributed by atoms with Gasteiger partial charge < -0.3 is 19.8 Å². The van der Waals surface area contributed by atoms with Crippen LogP contribution in [-0.2, 0) is 18.4 Å². The van der Waals surface area contributed by atoms with E-state index in [0.29, 0.717) is 17.4 Å². The summed E-state index contributed by atoms with van der Waals surface area (Å²) >= 11 is 0. The van der Waals surface area contributed by atoms with E-state index in [0.717, 1.165) is 57.8 Å². The highest BCUT2D eigenvalue weighted by atomic mass is 31.2. The predicted molar refractivity (Wildman–Crippen MR) is 254 cm³/mol. The number of allylic oxidation sites excluding steroid dienone is 7. The van der Waals surface area contributed by atoms with Gasteiger partial charge in [-0.25, -0.2) is 4.57 Å². The van der Waals surface area contributed by atoms with Crippen molar-refractivity contribution >= 4 is 13.7 Å². The Kier molecular flexibility index (Phi) is 40.7. The van der Waals surface area contributed by atoms with Crippen LogP contribution in [0.5, 0.6) is 0 Å². The Bertz CT molecular complexity index is 1100. The summed E-state index contributed by atoms with van der Waals surface area (Å²) in [6, 6.07) is -0.874. The Morgan fingerprint density at radius 1 is 0.559 bits per heavy atom. The van der Waals surface area contributed by atoms with Gasteiger partial charge in [0.1, 0.15) is 13.2 Å². The number of hydrogen-bond acceptors (Lipinski definition) is 5. The van der Waals surface area contributed by atoms with Crippen LogP contribution in [0.2, 0.25) is 0 Å². The maximum Gasteiger partial charge on any atom is 0.472 e. The molecule has 0 aromatic carbocycles. The summed E-state index contributed by atoms with van der Waals surface area (Å²) in [6.45, 7) is 4.78. The van der Waals surface area contributed by atoms with Crippen molar-refractivity contribution in [2.75, 3.05) is 40.9 Å². The van der Waals surface area contributed by atoms with Crippen molar-refractivity contribution in [3.8, 4) is 0 Å². The molecule has 0 aromatic rings. The molecule has 8 nitrogen and oxygen atoms in total. The first-order valence-corrected chi connectivity index (χ1v) is 26.0. The summed E-state index contributed by atoms with van der Waals surface area (Å²) in [5, 5.41) is 13.8. The van der Waals surface area contributed by atoms with E-state index in [-0.39, 0.29) is 19.1 Å². The van der Waals surface area contributed by atoms with Gasteiger partial charge in [0.15, 0.2) is 0 Å². The molecule has 0 spiro atoms. The molecule has 0 bridgehead atoms. The second-order valence-electron chi connectivity index (χ2n) is 17.8. The first-order chi connectivity index (χ1) is 28.5. The number of rotatable bonds is 44. The smallest absolute Gasteiger partial charge is 0.387 e. The maximum absolute atomic E-state index is 12.9. The van der Waals surface area contributed by atoms with Crippen molar-refractivity contribution < 1.29 is 32.9 Å². The lowest BCUT2D eigenvalue weighted by Crippen LogP contribution is -2.45. The van der Waals surface area contributed by atoms with Crippen LogP contribution in [0.15, 0.2) is 48.6 Å². The minimum Gasteiger partial charge on any atom is -0.387 e. The number of nitrogens with one attached hydrogen (secondary N) is 1. The molecule has 0 aliphatic rings. The maximum atomic E-state index is 12.9. The molecule has 0 heterocycles. The SMILES string of the molecule is CCCCCCCCC/C=C\CCCCCCCC(=O)NC(COP(=O)(O)OCC[N+](C)(C)C)C(O)/C=C/CC/C=C/CC/C=C/CCCCCCCCCCCCC. The number of phosphoric ester groups is 1. The van der Waals surface area contributed by atoms with Gasteiger partial charge in [0.05, 0.1) is 39.9 Å². The number of likely N-dealkylation sites (N-methyl/N-ethyl adjacent to an activating group) is 1. The molecule has 0 saturated heterocycles. The zero-order chi connectivity index (χ0) is 43.6. The van der Waals surface area contributed by atoms with Gasteiger partial charge in [0, 0.05) is 6.42 Å². The van der Waals surface area contributed by atoms with Gasteiger partial charge in [0.2, 0.25) is 5.91 Å². The molecule has 0 saturated carbocycles. The summed E-state index contributed by atoms with van der Waals surface area (Å²) in [6.07, 6.45) is 53.3. The Morgan fingerprint density at radius 3 is 1.36 bits per heavy atom. The monoisotopic (exact) mass is 852 g/mol. The third-order valence-corrected chi connectivity index (χ3v) is 11.7. The van der Waals surface area contributed by atoms with Crippen molar-refractivity contribution in [2.24, 2.45) is 0 Å². The van der Waals surface area contributed by atoms with Gasteiger partial charge in [-0.1, -0.05) is 184 Å². The van der Waals surface area contributed by atoms with Gasteiger partial charge in [-0.2, -0.15) is 0 Å². The third kappa shape index (κ3) is 44.3. The number of aliphatic hydroxyl groups excluding tert-OH is 1. The molecule has 0 aliphatic heterocycles. The Morgan fingerprint density at radius 2 is 0.932 bits per heavy atom. The number of carbonyl (C=O) groups excluding carboxylic acids is 1. The number of nitrogens with zero attached hydrogens (tertiary/aromatic N) is 1. The highest BCUT2D eigenvalue weighted by Crippen LogP contribution is 2.43. The van der Waals surface area contributed by atoms with E-state index in [1.807, 2.05) is 27.2 Å². The van der Waals surface area contributed by atoms with E-state index in [9.17, 15) is 19.4 Å². The molecule has 0 aliphatic carbocycles. The molecule has 346 valence electrons. The molecule has 3 atom stereocenters. The lowest BCUT2D eigenvalue weighted by molar-refractivity contribution is -0.870. The van der Waals surface area contributed by atoms with Crippen LogP contribution >= 0.6 is 7.82 Å². The highest BCUT2D eigenvalue weighted by molar-refractivity contribution is 7.47. The molecular weight excluding hydrogens is 756 g/mol. The first kappa shape index (κ1) is 57.5. The van der Waals surface area contributed by atoms with E-state index < -0.39 is 20.0 Å². The molecule has 9 heteroatoms. The first-order valence-electron chi connectivity index (χ1n) is 24.5. The Balaban J connectivity index is 4.45. The molecule has 0 aromatic heterocycles. The summed E-state index contributed by atoms with van der Waals surface area (Å²) < 4.78 is 23.6. The fraction of sp³-hybridized carbons (Fsp3) is 0.820. The third-order valence-electron chi connectivity index (χ3n) is 10.7. The molecule has 0 rings (SSSR count). The summed E-state index contributed by atoms with van der Waals surface area (Å²) in [5.74, 6) is -0.200. The number of phosphoric acid groups is 1. The highest BCUT2D eigenvalue weighted by Gasteiger charge is 2.27. The summed E-state index contributed by atoms with van der Waals surface area (Å²) in [5.41, 5.74) is 0. The minimum atomic E-state index is -4.35. The van der Waals surface area contributed by atoms with Gasteiger partial charge >= 0.3 is 7.82 Å². The second-order valence-corrected chi connectivity index (χ2v) is 19.3. The van der Waals surface area contributed by atoms with Crippen LogP contribution in [0.4, 0.5) is 0 Å². The predicted octanol–water partition coefficient (Wildman–Crippen LogP) is 14.0. The van der Waals surface area contributed by atoms with E-state index in [2.05, 4.69) is 55.6 Å². The average Bonchev–Trinajstić information content (AvgIpc) is 3.19. The Hall–Kier alpha value is -1.54. The number of hydrogen-bond donors (Lipinski definition) is 3. The fourth-order valence-corrected chi connectivity index (χ4v) is 7.57. The van der Waals surface area contributed by atoms with Crippen LogP contribution < -0.4 is 5.32 Å². The van der Waals surface area contributed by atoms with Crippen molar-refractivity contribution in [1.29, 1.82) is 0 Å². The van der Waals surface area contributed by atoms with Crippen molar-refractivity contribution in [2.45, 2.75) is 225 Å². The van der Waals surface area contributed by atoms with Crippen LogP contribution in [0, 0.1) is 0 Å². The van der Waals surface area contributed by atoms with E-state index >= 15 is 0 Å².